The minimum absolute atomic E-state index is 0.0237. The Morgan fingerprint density at radius 1 is 1.16 bits per heavy atom. The Hall–Kier alpha value is -3.67. The molecule has 0 atom stereocenters. The highest BCUT2D eigenvalue weighted by molar-refractivity contribution is 8.03. The summed E-state index contributed by atoms with van der Waals surface area (Å²) in [5.74, 6) is 0.0237. The van der Waals surface area contributed by atoms with Crippen LogP contribution in [0.1, 0.15) is 33.1 Å². The number of nitrogens with zero attached hydrogens (tertiary/aromatic N) is 4. The van der Waals surface area contributed by atoms with Crippen LogP contribution in [0.2, 0.25) is 0 Å². The van der Waals surface area contributed by atoms with E-state index in [1.807, 2.05) is 42.5 Å². The number of anilines is 1. The Labute approximate surface area is 226 Å². The van der Waals surface area contributed by atoms with Crippen LogP contribution in [0.4, 0.5) is 5.69 Å². The van der Waals surface area contributed by atoms with Crippen LogP contribution in [-0.2, 0) is 4.74 Å². The van der Waals surface area contributed by atoms with Gasteiger partial charge in [-0.05, 0) is 62.5 Å². The van der Waals surface area contributed by atoms with Gasteiger partial charge in [-0.15, -0.1) is 0 Å². The highest BCUT2D eigenvalue weighted by Crippen LogP contribution is 2.46. The van der Waals surface area contributed by atoms with Gasteiger partial charge < -0.3 is 14.7 Å². The molecular weight excluding hydrogens is 504 g/mol. The molecule has 2 aliphatic heterocycles. The highest BCUT2D eigenvalue weighted by atomic mass is 35.5. The van der Waals surface area contributed by atoms with E-state index in [9.17, 15) is 20.9 Å². The number of β-amino-alcohol motifs (C(OH)–C–C–N with tert-alkyl or cyclic N) is 1. The normalized spacial score (nSPS) is 20.8. The predicted octanol–water partition coefficient (Wildman–Crippen LogP) is 6.52. The molecule has 1 aromatic rings. The predicted molar refractivity (Wildman–Crippen MR) is 145 cm³/mol. The maximum absolute atomic E-state index is 9.76. The molecule has 0 unspecified atom stereocenters. The summed E-state index contributed by atoms with van der Waals surface area (Å²) in [5.41, 5.74) is 2.76. The molecule has 0 fully saturated rings. The maximum Gasteiger partial charge on any atom is 0.172 e. The van der Waals surface area contributed by atoms with Crippen LogP contribution >= 0.6 is 23.4 Å². The molecule has 1 aromatic carbocycles. The highest BCUT2D eigenvalue weighted by Gasteiger charge is 2.38. The van der Waals surface area contributed by atoms with Crippen LogP contribution < -0.4 is 4.90 Å². The average molecular weight is 529 g/mol. The lowest BCUT2D eigenvalue weighted by Crippen LogP contribution is -2.21. The van der Waals surface area contributed by atoms with E-state index in [-0.39, 0.29) is 23.5 Å². The summed E-state index contributed by atoms with van der Waals surface area (Å²) >= 11 is 8.50. The van der Waals surface area contributed by atoms with Gasteiger partial charge in [0, 0.05) is 22.0 Å². The van der Waals surface area contributed by atoms with Gasteiger partial charge in [0.15, 0.2) is 11.3 Å². The van der Waals surface area contributed by atoms with Crippen molar-refractivity contribution in [1.82, 2.24) is 0 Å². The Morgan fingerprint density at radius 3 is 2.62 bits per heavy atom. The third-order valence-corrected chi connectivity index (χ3v) is 7.98. The molecule has 2 heterocycles. The summed E-state index contributed by atoms with van der Waals surface area (Å²) in [7, 11) is 0. The van der Waals surface area contributed by atoms with Crippen LogP contribution in [-0.4, -0.2) is 23.9 Å². The van der Waals surface area contributed by atoms with Crippen LogP contribution in [0.5, 0.6) is 0 Å². The number of benzene rings is 1. The maximum atomic E-state index is 9.76. The number of fused-ring (bicyclic) bond motifs is 1. The Bertz CT molecular complexity index is 1430. The van der Waals surface area contributed by atoms with E-state index in [0.29, 0.717) is 17.2 Å². The topological polar surface area (TPSA) is 104 Å². The van der Waals surface area contributed by atoms with Crippen molar-refractivity contribution in [3.05, 3.63) is 92.3 Å². The van der Waals surface area contributed by atoms with E-state index >= 15 is 0 Å². The summed E-state index contributed by atoms with van der Waals surface area (Å²) in [6, 6.07) is 13.9. The number of para-hydroxylation sites is 1. The molecule has 1 aliphatic carbocycles. The number of aliphatic hydroxyl groups is 1. The van der Waals surface area contributed by atoms with Gasteiger partial charge in [-0.2, -0.15) is 15.8 Å². The lowest BCUT2D eigenvalue weighted by molar-refractivity contribution is 0.0954. The Kier molecular flexibility index (Phi) is 7.96. The van der Waals surface area contributed by atoms with Crippen molar-refractivity contribution in [2.75, 3.05) is 18.1 Å². The first-order chi connectivity index (χ1) is 17.8. The van der Waals surface area contributed by atoms with Gasteiger partial charge in [-0.1, -0.05) is 53.7 Å². The first-order valence-corrected chi connectivity index (χ1v) is 13.1. The fourth-order valence-electron chi connectivity index (χ4n) is 4.55. The number of ether oxygens (including phenoxy) is 1. The van der Waals surface area contributed by atoms with Crippen LogP contribution in [0, 0.1) is 34.0 Å². The van der Waals surface area contributed by atoms with Gasteiger partial charge in [-0.3, -0.25) is 0 Å². The number of hydrogen-bond acceptors (Lipinski definition) is 7. The monoisotopic (exact) mass is 528 g/mol. The van der Waals surface area contributed by atoms with Crippen LogP contribution in [0.25, 0.3) is 0 Å². The molecule has 0 saturated heterocycles. The van der Waals surface area contributed by atoms with Crippen molar-refractivity contribution in [3.63, 3.8) is 0 Å². The second kappa shape index (κ2) is 11.2. The van der Waals surface area contributed by atoms with Gasteiger partial charge >= 0.3 is 0 Å². The molecule has 6 nitrogen and oxygen atoms in total. The van der Waals surface area contributed by atoms with Crippen molar-refractivity contribution in [3.8, 4) is 18.2 Å². The summed E-state index contributed by atoms with van der Waals surface area (Å²) < 4.78 is 5.84. The standard InChI is InChI=1S/C29H25ClN4O2S/c1-29(2)23(22(18-33)28(36-29)21(16-31)17-32)12-10-19-6-5-7-20(27(19)30)11-13-26-34(14-15-35)24-8-3-4-9-25(24)37-26/h3-4,8-13,35H,5-7,14-15H2,1-2H3/b12-10+,20-11-,26-13+. The molecule has 1 N–H and O–H groups in total. The fraction of sp³-hybridized carbons (Fsp3) is 0.276. The third-order valence-electron chi connectivity index (χ3n) is 6.36. The quantitative estimate of drug-likeness (QED) is 0.433. The smallest absolute Gasteiger partial charge is 0.172 e. The summed E-state index contributed by atoms with van der Waals surface area (Å²) in [6.07, 6.45) is 10.4. The largest absolute Gasteiger partial charge is 0.480 e. The zero-order valence-electron chi connectivity index (χ0n) is 20.6. The van der Waals surface area contributed by atoms with Crippen molar-refractivity contribution < 1.29 is 9.84 Å². The van der Waals surface area contributed by atoms with E-state index < -0.39 is 5.60 Å². The summed E-state index contributed by atoms with van der Waals surface area (Å²) in [4.78, 5) is 3.26. The number of halogens is 1. The first kappa shape index (κ1) is 26.4. The average Bonchev–Trinajstić information content (AvgIpc) is 3.37. The second-order valence-corrected chi connectivity index (χ2v) is 10.5. The van der Waals surface area contributed by atoms with Gasteiger partial charge in [0.2, 0.25) is 0 Å². The zero-order valence-corrected chi connectivity index (χ0v) is 22.2. The molecule has 0 aromatic heterocycles. The van der Waals surface area contributed by atoms with Gasteiger partial charge in [0.25, 0.3) is 0 Å². The minimum atomic E-state index is -0.870. The number of thioether (sulfide) groups is 1. The molecule has 0 amide bonds. The van der Waals surface area contributed by atoms with Gasteiger partial charge in [0.1, 0.15) is 29.4 Å². The van der Waals surface area contributed by atoms with Crippen molar-refractivity contribution >= 4 is 29.1 Å². The molecular formula is C29H25ClN4O2S. The number of aliphatic hydroxyl groups excluding tert-OH is 1. The molecule has 37 heavy (non-hydrogen) atoms. The number of rotatable bonds is 5. The van der Waals surface area contributed by atoms with Crippen LogP contribution in [0.15, 0.2) is 97.2 Å². The van der Waals surface area contributed by atoms with Gasteiger partial charge in [0.05, 0.1) is 17.3 Å². The molecule has 3 aliphatic rings. The number of hydrogen-bond donors (Lipinski definition) is 1. The van der Waals surface area contributed by atoms with Crippen molar-refractivity contribution in [1.29, 1.82) is 15.8 Å². The number of nitriles is 3. The summed E-state index contributed by atoms with van der Waals surface area (Å²) in [5, 5.41) is 39.6. The van der Waals surface area contributed by atoms with E-state index in [0.717, 1.165) is 46.0 Å². The molecule has 0 saturated carbocycles. The van der Waals surface area contributed by atoms with Gasteiger partial charge in [-0.25, -0.2) is 0 Å². The molecule has 4 rings (SSSR count). The molecule has 186 valence electrons. The van der Waals surface area contributed by atoms with Crippen molar-refractivity contribution in [2.45, 2.75) is 43.6 Å². The minimum Gasteiger partial charge on any atom is -0.480 e. The lowest BCUT2D eigenvalue weighted by Gasteiger charge is -2.21. The SMILES string of the molecule is CC1(C)OC(=C(C#N)C#N)C(C#N)=C1/C=C/C1=C(Cl)C(=C\C=C2\Sc3ccccc3N2CCO)/CCC1. The molecule has 0 bridgehead atoms. The van der Waals surface area contributed by atoms with E-state index in [4.69, 9.17) is 16.3 Å². The van der Waals surface area contributed by atoms with E-state index in [2.05, 4.69) is 29.2 Å². The van der Waals surface area contributed by atoms with E-state index in [1.54, 1.807) is 25.6 Å². The zero-order chi connectivity index (χ0) is 26.6. The summed E-state index contributed by atoms with van der Waals surface area (Å²) in [6.45, 7) is 4.17. The second-order valence-electron chi connectivity index (χ2n) is 9.11. The third kappa shape index (κ3) is 5.24. The van der Waals surface area contributed by atoms with E-state index in [1.165, 1.54) is 0 Å². The van der Waals surface area contributed by atoms with Crippen LogP contribution in [0.3, 0.4) is 0 Å². The molecule has 8 heteroatoms. The molecule has 0 radical (unpaired) electrons. The van der Waals surface area contributed by atoms with Crippen molar-refractivity contribution in [2.24, 2.45) is 0 Å². The molecule has 0 spiro atoms. The Morgan fingerprint density at radius 2 is 1.92 bits per heavy atom. The lowest BCUT2D eigenvalue weighted by atomic mass is 9.91. The fourth-order valence-corrected chi connectivity index (χ4v) is 5.96. The number of allylic oxidation sites excluding steroid dienone is 8. The Balaban J connectivity index is 1.66. The first-order valence-electron chi connectivity index (χ1n) is 11.9.